The van der Waals surface area contributed by atoms with Gasteiger partial charge in [0, 0.05) is 17.2 Å². The van der Waals surface area contributed by atoms with Crippen molar-refractivity contribution >= 4 is 15.9 Å². The van der Waals surface area contributed by atoms with Gasteiger partial charge in [-0.25, -0.2) is 0 Å². The van der Waals surface area contributed by atoms with Gasteiger partial charge in [-0.3, -0.25) is 0 Å². The molecular formula is C10H15BrO2. The van der Waals surface area contributed by atoms with E-state index in [1.165, 1.54) is 19.3 Å². The first-order valence-corrected chi connectivity index (χ1v) is 6.14. The second-order valence-corrected chi connectivity index (χ2v) is 5.78. The first kappa shape index (κ1) is 8.69. The van der Waals surface area contributed by atoms with Crippen LogP contribution in [0.25, 0.3) is 0 Å². The van der Waals surface area contributed by atoms with Gasteiger partial charge in [0.25, 0.3) is 0 Å². The van der Waals surface area contributed by atoms with Gasteiger partial charge in [-0.2, -0.15) is 0 Å². The molecule has 0 aromatic rings. The van der Waals surface area contributed by atoms with Gasteiger partial charge in [-0.05, 0) is 25.2 Å². The Kier molecular flexibility index (Phi) is 1.97. The number of ether oxygens (including phenoxy) is 2. The van der Waals surface area contributed by atoms with Crippen LogP contribution in [0.15, 0.2) is 0 Å². The molecule has 3 fully saturated rings. The van der Waals surface area contributed by atoms with Crippen molar-refractivity contribution in [2.75, 3.05) is 13.2 Å². The van der Waals surface area contributed by atoms with Gasteiger partial charge in [-0.15, -0.1) is 0 Å². The molecule has 3 unspecified atom stereocenters. The molecule has 1 spiro atoms. The Morgan fingerprint density at radius 2 is 1.92 bits per heavy atom. The highest BCUT2D eigenvalue weighted by atomic mass is 79.9. The van der Waals surface area contributed by atoms with E-state index in [-0.39, 0.29) is 5.79 Å². The standard InChI is InChI=1S/C10H15BrO2/c11-8-2-1-7-6-10(9(7)5-8)12-3-4-13-10/h7-9H,1-6H2. The number of halogens is 1. The summed E-state index contributed by atoms with van der Waals surface area (Å²) in [5.41, 5.74) is 0. The van der Waals surface area contributed by atoms with E-state index in [1.807, 2.05) is 0 Å². The van der Waals surface area contributed by atoms with E-state index in [1.54, 1.807) is 0 Å². The molecule has 3 atom stereocenters. The largest absolute Gasteiger partial charge is 0.347 e. The zero-order valence-electron chi connectivity index (χ0n) is 7.67. The summed E-state index contributed by atoms with van der Waals surface area (Å²) < 4.78 is 11.5. The highest BCUT2D eigenvalue weighted by Gasteiger charge is 2.59. The van der Waals surface area contributed by atoms with Gasteiger partial charge in [0.2, 0.25) is 0 Å². The second-order valence-electron chi connectivity index (χ2n) is 4.49. The lowest BCUT2D eigenvalue weighted by Crippen LogP contribution is -2.57. The van der Waals surface area contributed by atoms with Crippen molar-refractivity contribution in [2.45, 2.75) is 36.3 Å². The molecular weight excluding hydrogens is 232 g/mol. The molecule has 3 rings (SSSR count). The van der Waals surface area contributed by atoms with E-state index in [0.717, 1.165) is 25.6 Å². The van der Waals surface area contributed by atoms with Crippen molar-refractivity contribution in [3.63, 3.8) is 0 Å². The molecule has 0 amide bonds. The summed E-state index contributed by atoms with van der Waals surface area (Å²) in [6.07, 6.45) is 5.08. The highest BCUT2D eigenvalue weighted by Crippen LogP contribution is 2.56. The van der Waals surface area contributed by atoms with Crippen molar-refractivity contribution < 1.29 is 9.47 Å². The molecule has 3 aliphatic rings. The SMILES string of the molecule is BrC1CCC2CC3(OCCO3)C2C1. The lowest BCUT2D eigenvalue weighted by Gasteiger charge is -2.54. The average molecular weight is 247 g/mol. The molecule has 13 heavy (non-hydrogen) atoms. The molecule has 0 aromatic heterocycles. The quantitative estimate of drug-likeness (QED) is 0.611. The molecule has 2 aliphatic carbocycles. The van der Waals surface area contributed by atoms with Crippen molar-refractivity contribution in [1.82, 2.24) is 0 Å². The summed E-state index contributed by atoms with van der Waals surface area (Å²) in [5, 5.41) is 0. The van der Waals surface area contributed by atoms with Crippen LogP contribution in [-0.4, -0.2) is 23.8 Å². The topological polar surface area (TPSA) is 18.5 Å². The van der Waals surface area contributed by atoms with Crippen LogP contribution in [0.4, 0.5) is 0 Å². The third-order valence-corrected chi connectivity index (χ3v) is 4.65. The van der Waals surface area contributed by atoms with E-state index in [4.69, 9.17) is 9.47 Å². The second kappa shape index (κ2) is 2.94. The van der Waals surface area contributed by atoms with Crippen molar-refractivity contribution in [3.05, 3.63) is 0 Å². The van der Waals surface area contributed by atoms with E-state index in [2.05, 4.69) is 15.9 Å². The normalized spacial score (nSPS) is 47.3. The zero-order chi connectivity index (χ0) is 8.89. The van der Waals surface area contributed by atoms with E-state index < -0.39 is 0 Å². The molecule has 2 saturated carbocycles. The third kappa shape index (κ3) is 1.20. The molecule has 2 nitrogen and oxygen atoms in total. The Hall–Kier alpha value is 0.400. The molecule has 0 bridgehead atoms. The highest BCUT2D eigenvalue weighted by molar-refractivity contribution is 9.09. The Bertz CT molecular complexity index is 213. The Morgan fingerprint density at radius 3 is 2.69 bits per heavy atom. The molecule has 1 saturated heterocycles. The fourth-order valence-corrected chi connectivity index (χ4v) is 3.79. The summed E-state index contributed by atoms with van der Waals surface area (Å²) in [5.74, 6) is 1.41. The average Bonchev–Trinajstić information content (AvgIpc) is 2.58. The van der Waals surface area contributed by atoms with E-state index >= 15 is 0 Å². The maximum Gasteiger partial charge on any atom is 0.171 e. The molecule has 0 radical (unpaired) electrons. The molecule has 0 aromatic carbocycles. The van der Waals surface area contributed by atoms with Crippen LogP contribution in [0, 0.1) is 11.8 Å². The first-order valence-electron chi connectivity index (χ1n) is 5.22. The fourth-order valence-electron chi connectivity index (χ4n) is 3.12. The molecule has 3 heteroatoms. The van der Waals surface area contributed by atoms with Crippen LogP contribution in [-0.2, 0) is 9.47 Å². The molecule has 1 heterocycles. The third-order valence-electron chi connectivity index (χ3n) is 3.82. The minimum atomic E-state index is -0.142. The predicted molar refractivity (Wildman–Crippen MR) is 52.8 cm³/mol. The molecule has 1 aliphatic heterocycles. The minimum absolute atomic E-state index is 0.142. The van der Waals surface area contributed by atoms with Crippen LogP contribution in [0.1, 0.15) is 25.7 Å². The fraction of sp³-hybridized carbons (Fsp3) is 1.00. The predicted octanol–water partition coefficient (Wildman–Crippen LogP) is 2.31. The summed E-state index contributed by atoms with van der Waals surface area (Å²) in [6, 6.07) is 0. The first-order chi connectivity index (χ1) is 6.30. The number of hydrogen-bond acceptors (Lipinski definition) is 2. The monoisotopic (exact) mass is 246 g/mol. The number of rotatable bonds is 0. The van der Waals surface area contributed by atoms with Crippen LogP contribution < -0.4 is 0 Å². The summed E-state index contributed by atoms with van der Waals surface area (Å²) in [4.78, 5) is 0.693. The Morgan fingerprint density at radius 1 is 1.15 bits per heavy atom. The van der Waals surface area contributed by atoms with Crippen LogP contribution in [0.5, 0.6) is 0 Å². The van der Waals surface area contributed by atoms with Gasteiger partial charge in [0.05, 0.1) is 13.2 Å². The van der Waals surface area contributed by atoms with E-state index in [9.17, 15) is 0 Å². The summed E-state index contributed by atoms with van der Waals surface area (Å²) >= 11 is 3.71. The Labute approximate surface area is 87.1 Å². The van der Waals surface area contributed by atoms with Gasteiger partial charge in [0.15, 0.2) is 5.79 Å². The van der Waals surface area contributed by atoms with Gasteiger partial charge < -0.3 is 9.47 Å². The zero-order valence-corrected chi connectivity index (χ0v) is 9.26. The smallest absolute Gasteiger partial charge is 0.171 e. The molecule has 0 N–H and O–H groups in total. The number of hydrogen-bond donors (Lipinski definition) is 0. The lowest BCUT2D eigenvalue weighted by molar-refractivity contribution is -0.283. The van der Waals surface area contributed by atoms with Gasteiger partial charge in [0.1, 0.15) is 0 Å². The lowest BCUT2D eigenvalue weighted by atomic mass is 9.61. The molecule has 74 valence electrons. The van der Waals surface area contributed by atoms with Gasteiger partial charge in [-0.1, -0.05) is 15.9 Å². The van der Waals surface area contributed by atoms with Crippen LogP contribution in [0.3, 0.4) is 0 Å². The van der Waals surface area contributed by atoms with Crippen molar-refractivity contribution in [1.29, 1.82) is 0 Å². The summed E-state index contributed by atoms with van der Waals surface area (Å²) in [7, 11) is 0. The van der Waals surface area contributed by atoms with Crippen LogP contribution >= 0.6 is 15.9 Å². The van der Waals surface area contributed by atoms with Crippen LogP contribution in [0.2, 0.25) is 0 Å². The minimum Gasteiger partial charge on any atom is -0.347 e. The van der Waals surface area contributed by atoms with Gasteiger partial charge >= 0.3 is 0 Å². The van der Waals surface area contributed by atoms with Crippen molar-refractivity contribution in [2.24, 2.45) is 11.8 Å². The Balaban J connectivity index is 1.74. The maximum atomic E-state index is 5.75. The maximum absolute atomic E-state index is 5.75. The number of alkyl halides is 1. The summed E-state index contributed by atoms with van der Waals surface area (Å²) in [6.45, 7) is 1.60. The van der Waals surface area contributed by atoms with E-state index in [0.29, 0.717) is 10.7 Å². The number of fused-ring (bicyclic) bond motifs is 2. The van der Waals surface area contributed by atoms with Crippen molar-refractivity contribution in [3.8, 4) is 0 Å².